The molecule has 0 spiro atoms. The topological polar surface area (TPSA) is 55.5 Å². The molecule has 0 heterocycles. The van der Waals surface area contributed by atoms with Crippen LogP contribution in [0, 0.1) is 5.82 Å². The molecule has 1 aromatic carbocycles. The minimum absolute atomic E-state index is 0. The summed E-state index contributed by atoms with van der Waals surface area (Å²) in [6.07, 6.45) is -0.750. The molecule has 1 atom stereocenters. The summed E-state index contributed by atoms with van der Waals surface area (Å²) in [6.45, 7) is 0.117. The normalized spacial score (nSPS) is 11.6. The molecule has 0 saturated carbocycles. The molecule has 0 aliphatic heterocycles. The molecule has 0 saturated heterocycles. The van der Waals surface area contributed by atoms with E-state index in [4.69, 9.17) is 15.6 Å². The molecular weight excluding hydrogens is 209 g/mol. The van der Waals surface area contributed by atoms with Crippen LogP contribution in [0.15, 0.2) is 24.3 Å². The van der Waals surface area contributed by atoms with E-state index in [-0.39, 0.29) is 31.3 Å². The first-order valence-corrected chi connectivity index (χ1v) is 3.99. The number of aliphatic hydroxyl groups excluding tert-OH is 1. The summed E-state index contributed by atoms with van der Waals surface area (Å²) in [5.41, 5.74) is 5.15. The van der Waals surface area contributed by atoms with Crippen LogP contribution in [0.1, 0.15) is 0 Å². The van der Waals surface area contributed by atoms with Gasteiger partial charge in [0.15, 0.2) is 11.6 Å². The monoisotopic (exact) mass is 221 g/mol. The first kappa shape index (κ1) is 13.2. The maximum atomic E-state index is 12.9. The predicted octanol–water partition coefficient (Wildman–Crippen LogP) is 0.946. The molecule has 0 aromatic heterocycles. The Balaban J connectivity index is 0.00000169. The molecule has 0 aliphatic rings. The molecule has 0 radical (unpaired) electrons. The van der Waals surface area contributed by atoms with Crippen molar-refractivity contribution in [1.82, 2.24) is 0 Å². The molecule has 80 valence electrons. The molecule has 14 heavy (non-hydrogen) atoms. The molecule has 5 heteroatoms. The fraction of sp³-hybridized carbons (Fsp3) is 0.333. The Kier molecular flexibility index (Phi) is 6.19. The van der Waals surface area contributed by atoms with E-state index in [2.05, 4.69) is 0 Å². The number of para-hydroxylation sites is 1. The highest BCUT2D eigenvalue weighted by Crippen LogP contribution is 2.15. The minimum Gasteiger partial charge on any atom is -0.488 e. The number of rotatable bonds is 4. The van der Waals surface area contributed by atoms with Crippen LogP contribution in [0.4, 0.5) is 4.39 Å². The number of hydrogen-bond donors (Lipinski definition) is 2. The number of nitrogens with two attached hydrogens (primary N) is 1. The fourth-order valence-corrected chi connectivity index (χ4v) is 0.816. The van der Waals surface area contributed by atoms with Crippen molar-refractivity contribution < 1.29 is 14.2 Å². The summed E-state index contributed by atoms with van der Waals surface area (Å²) in [6, 6.07) is 6.03. The van der Waals surface area contributed by atoms with Crippen molar-refractivity contribution in [2.45, 2.75) is 6.10 Å². The van der Waals surface area contributed by atoms with E-state index in [1.54, 1.807) is 12.1 Å². The molecule has 1 aromatic rings. The van der Waals surface area contributed by atoms with Crippen molar-refractivity contribution in [1.29, 1.82) is 0 Å². The molecule has 0 fully saturated rings. The maximum Gasteiger partial charge on any atom is 0.165 e. The highest BCUT2D eigenvalue weighted by atomic mass is 35.5. The molecule has 0 aliphatic carbocycles. The van der Waals surface area contributed by atoms with Gasteiger partial charge in [0.1, 0.15) is 12.7 Å². The van der Waals surface area contributed by atoms with Crippen molar-refractivity contribution in [2.75, 3.05) is 13.2 Å². The van der Waals surface area contributed by atoms with Gasteiger partial charge in [-0.15, -0.1) is 12.4 Å². The van der Waals surface area contributed by atoms with Gasteiger partial charge in [-0.3, -0.25) is 0 Å². The first-order chi connectivity index (χ1) is 6.24. The third kappa shape index (κ3) is 3.91. The van der Waals surface area contributed by atoms with Gasteiger partial charge in [0.25, 0.3) is 0 Å². The molecule has 1 rings (SSSR count). The van der Waals surface area contributed by atoms with Crippen LogP contribution in [0.5, 0.6) is 5.75 Å². The van der Waals surface area contributed by atoms with E-state index in [1.165, 1.54) is 12.1 Å². The first-order valence-electron chi connectivity index (χ1n) is 3.99. The molecule has 0 amide bonds. The summed E-state index contributed by atoms with van der Waals surface area (Å²) >= 11 is 0. The molecule has 1 unspecified atom stereocenters. The summed E-state index contributed by atoms with van der Waals surface area (Å²) in [7, 11) is 0. The third-order valence-electron chi connectivity index (χ3n) is 1.54. The summed E-state index contributed by atoms with van der Waals surface area (Å²) < 4.78 is 17.9. The quantitative estimate of drug-likeness (QED) is 0.796. The zero-order valence-electron chi connectivity index (χ0n) is 7.52. The van der Waals surface area contributed by atoms with Gasteiger partial charge in [0, 0.05) is 6.54 Å². The smallest absolute Gasteiger partial charge is 0.165 e. The summed E-state index contributed by atoms with van der Waals surface area (Å²) in [4.78, 5) is 0. The lowest BCUT2D eigenvalue weighted by molar-refractivity contribution is 0.112. The number of ether oxygens (including phenoxy) is 1. The Morgan fingerprint density at radius 2 is 2.07 bits per heavy atom. The molecule has 3 N–H and O–H groups in total. The Morgan fingerprint density at radius 3 is 2.64 bits per heavy atom. The fourth-order valence-electron chi connectivity index (χ4n) is 0.816. The van der Waals surface area contributed by atoms with E-state index < -0.39 is 11.9 Å². The number of halogens is 2. The Bertz CT molecular complexity index is 273. The summed E-state index contributed by atoms with van der Waals surface area (Å²) in [5, 5.41) is 9.04. The van der Waals surface area contributed by atoms with E-state index in [9.17, 15) is 4.39 Å². The van der Waals surface area contributed by atoms with Crippen molar-refractivity contribution in [3.8, 4) is 5.75 Å². The number of hydrogen-bond acceptors (Lipinski definition) is 3. The van der Waals surface area contributed by atoms with E-state index in [1.807, 2.05) is 0 Å². The highest BCUT2D eigenvalue weighted by molar-refractivity contribution is 5.85. The van der Waals surface area contributed by atoms with Gasteiger partial charge >= 0.3 is 0 Å². The van der Waals surface area contributed by atoms with Crippen LogP contribution in [-0.4, -0.2) is 24.4 Å². The van der Waals surface area contributed by atoms with E-state index in [0.717, 1.165) is 0 Å². The van der Waals surface area contributed by atoms with Crippen molar-refractivity contribution >= 4 is 12.4 Å². The average molecular weight is 222 g/mol. The summed E-state index contributed by atoms with van der Waals surface area (Å²) in [5.74, 6) is -0.304. The van der Waals surface area contributed by atoms with Crippen molar-refractivity contribution in [3.05, 3.63) is 30.1 Å². The lowest BCUT2D eigenvalue weighted by atomic mass is 10.3. The van der Waals surface area contributed by atoms with Gasteiger partial charge in [-0.05, 0) is 12.1 Å². The van der Waals surface area contributed by atoms with Gasteiger partial charge in [-0.25, -0.2) is 4.39 Å². The standard InChI is InChI=1S/C9H12FNO2.ClH/c10-8-3-1-2-4-9(8)13-6-7(12)5-11;/h1-4,7,12H,5-6,11H2;1H. The lowest BCUT2D eigenvalue weighted by Gasteiger charge is -2.10. The number of aliphatic hydroxyl groups is 1. The van der Waals surface area contributed by atoms with Crippen LogP contribution in [-0.2, 0) is 0 Å². The van der Waals surface area contributed by atoms with Gasteiger partial charge in [-0.2, -0.15) is 0 Å². The van der Waals surface area contributed by atoms with Crippen LogP contribution >= 0.6 is 12.4 Å². The Labute approximate surface area is 88.1 Å². The van der Waals surface area contributed by atoms with Gasteiger partial charge in [0.2, 0.25) is 0 Å². The second-order valence-electron chi connectivity index (χ2n) is 2.63. The maximum absolute atomic E-state index is 12.9. The minimum atomic E-state index is -0.750. The molecule has 3 nitrogen and oxygen atoms in total. The second-order valence-corrected chi connectivity index (χ2v) is 2.63. The lowest BCUT2D eigenvalue weighted by Crippen LogP contribution is -2.26. The van der Waals surface area contributed by atoms with Gasteiger partial charge < -0.3 is 15.6 Å². The zero-order valence-corrected chi connectivity index (χ0v) is 8.34. The third-order valence-corrected chi connectivity index (χ3v) is 1.54. The van der Waals surface area contributed by atoms with Crippen molar-refractivity contribution in [2.24, 2.45) is 5.73 Å². The second kappa shape index (κ2) is 6.59. The molecule has 0 bridgehead atoms. The van der Waals surface area contributed by atoms with E-state index in [0.29, 0.717) is 0 Å². The largest absolute Gasteiger partial charge is 0.488 e. The van der Waals surface area contributed by atoms with Gasteiger partial charge in [0.05, 0.1) is 0 Å². The molecular formula is C9H13ClFNO2. The van der Waals surface area contributed by atoms with Crippen LogP contribution in [0.25, 0.3) is 0 Å². The average Bonchev–Trinajstić information content (AvgIpc) is 2.16. The van der Waals surface area contributed by atoms with Crippen LogP contribution in [0.2, 0.25) is 0 Å². The Hall–Kier alpha value is -0.840. The van der Waals surface area contributed by atoms with Crippen LogP contribution in [0.3, 0.4) is 0 Å². The van der Waals surface area contributed by atoms with Crippen molar-refractivity contribution in [3.63, 3.8) is 0 Å². The predicted molar refractivity (Wildman–Crippen MR) is 54.2 cm³/mol. The van der Waals surface area contributed by atoms with Crippen LogP contribution < -0.4 is 10.5 Å². The zero-order chi connectivity index (χ0) is 9.68. The SMILES string of the molecule is Cl.NCC(O)COc1ccccc1F. The van der Waals surface area contributed by atoms with E-state index >= 15 is 0 Å². The van der Waals surface area contributed by atoms with Gasteiger partial charge in [-0.1, -0.05) is 12.1 Å². The highest BCUT2D eigenvalue weighted by Gasteiger charge is 2.05. The Morgan fingerprint density at radius 1 is 1.43 bits per heavy atom. The number of benzene rings is 1.